The third-order valence-electron chi connectivity index (χ3n) is 6.29. The number of rotatable bonds is 9. The minimum absolute atomic E-state index is 0.0982. The van der Waals surface area contributed by atoms with Crippen LogP contribution < -0.4 is 16.4 Å². The molecule has 1 saturated heterocycles. The number of anilines is 1. The highest BCUT2D eigenvalue weighted by Crippen LogP contribution is 2.23. The Bertz CT molecular complexity index is 1090. The normalized spacial score (nSPS) is 18.1. The van der Waals surface area contributed by atoms with E-state index in [2.05, 4.69) is 10.6 Å². The summed E-state index contributed by atoms with van der Waals surface area (Å²) in [5.41, 5.74) is 7.78. The highest BCUT2D eigenvalue weighted by Gasteiger charge is 2.40. The van der Waals surface area contributed by atoms with Gasteiger partial charge in [0.2, 0.25) is 11.8 Å². The summed E-state index contributed by atoms with van der Waals surface area (Å²) in [6.07, 6.45) is 2.26. The molecule has 1 unspecified atom stereocenters. The number of amides is 3. The van der Waals surface area contributed by atoms with Crippen molar-refractivity contribution >= 4 is 29.2 Å². The van der Waals surface area contributed by atoms with Gasteiger partial charge in [-0.3, -0.25) is 19.2 Å². The Morgan fingerprint density at radius 2 is 1.77 bits per heavy atom. The number of nitrogen functional groups attached to an aromatic ring is 1. The molecule has 0 bridgehead atoms. The Labute approximate surface area is 206 Å². The second-order valence-electron chi connectivity index (χ2n) is 9.11. The molecule has 0 saturated carbocycles. The van der Waals surface area contributed by atoms with Crippen molar-refractivity contribution in [3.8, 4) is 0 Å². The maximum absolute atomic E-state index is 13.2. The van der Waals surface area contributed by atoms with Crippen molar-refractivity contribution in [1.29, 1.82) is 0 Å². The van der Waals surface area contributed by atoms with Crippen LogP contribution in [0.3, 0.4) is 0 Å². The number of carbonyl (C=O) groups excluding carboxylic acids is 4. The predicted molar refractivity (Wildman–Crippen MR) is 135 cm³/mol. The van der Waals surface area contributed by atoms with Crippen molar-refractivity contribution in [3.63, 3.8) is 0 Å². The molecule has 3 atom stereocenters. The van der Waals surface area contributed by atoms with Crippen LogP contribution in [-0.4, -0.2) is 47.0 Å². The predicted octanol–water partition coefficient (Wildman–Crippen LogP) is 3.24. The molecule has 1 heterocycles. The Morgan fingerprint density at radius 1 is 1.09 bits per heavy atom. The van der Waals surface area contributed by atoms with Gasteiger partial charge in [-0.05, 0) is 50.5 Å². The fourth-order valence-corrected chi connectivity index (χ4v) is 4.33. The van der Waals surface area contributed by atoms with Crippen LogP contribution in [0.4, 0.5) is 5.69 Å². The molecular formula is C27H34N4O4. The van der Waals surface area contributed by atoms with Crippen molar-refractivity contribution in [3.05, 3.63) is 65.2 Å². The van der Waals surface area contributed by atoms with Crippen molar-refractivity contribution in [1.82, 2.24) is 15.5 Å². The summed E-state index contributed by atoms with van der Waals surface area (Å²) in [6, 6.07) is 12.8. The van der Waals surface area contributed by atoms with E-state index in [1.54, 1.807) is 4.90 Å². The minimum atomic E-state index is -0.676. The van der Waals surface area contributed by atoms with Gasteiger partial charge in [0.25, 0.3) is 5.91 Å². The summed E-state index contributed by atoms with van der Waals surface area (Å²) in [6.45, 7) is 5.56. The first kappa shape index (κ1) is 25.9. The van der Waals surface area contributed by atoms with E-state index in [1.165, 1.54) is 25.1 Å². The standard InChI is InChI=1S/C27H34N4O4/c1-4-5-11-25(33)31-16-23(30-26(34)21-12-20(18(3)32)13-22(28)14-21)15-24(31)27(35)29-17(2)19-9-7-6-8-10-19/h6-10,12-14,17,23-24H,4-5,11,15-16,28H2,1-3H3,(H,29,35)(H,30,34)/t17?,23-,24-/m0/s1. The number of nitrogens with two attached hydrogens (primary N) is 1. The average Bonchev–Trinajstić information content (AvgIpc) is 3.26. The van der Waals surface area contributed by atoms with E-state index in [0.717, 1.165) is 18.4 Å². The monoisotopic (exact) mass is 478 g/mol. The Balaban J connectivity index is 1.74. The molecule has 35 heavy (non-hydrogen) atoms. The molecule has 2 aromatic rings. The first-order valence-electron chi connectivity index (χ1n) is 12.1. The SMILES string of the molecule is CCCCC(=O)N1C[C@@H](NC(=O)c2cc(N)cc(C(C)=O)c2)C[C@H]1C(=O)NC(C)c1ccccc1. The van der Waals surface area contributed by atoms with Crippen molar-refractivity contribution in [2.45, 2.75) is 64.6 Å². The maximum atomic E-state index is 13.2. The second kappa shape index (κ2) is 11.6. The number of likely N-dealkylation sites (tertiary alicyclic amines) is 1. The van der Waals surface area contributed by atoms with Crippen LogP contribution in [0.2, 0.25) is 0 Å². The van der Waals surface area contributed by atoms with Gasteiger partial charge in [0.05, 0.1) is 6.04 Å². The number of unbranched alkanes of at least 4 members (excludes halogenated alkanes) is 1. The van der Waals surface area contributed by atoms with Gasteiger partial charge in [-0.2, -0.15) is 0 Å². The summed E-state index contributed by atoms with van der Waals surface area (Å²) < 4.78 is 0. The Kier molecular flexibility index (Phi) is 8.63. The molecule has 3 amide bonds. The molecule has 8 heteroatoms. The van der Waals surface area contributed by atoms with Crippen molar-refractivity contribution in [2.24, 2.45) is 0 Å². The summed E-state index contributed by atoms with van der Waals surface area (Å²) >= 11 is 0. The molecule has 1 fully saturated rings. The molecule has 1 aliphatic rings. The first-order valence-corrected chi connectivity index (χ1v) is 12.1. The molecule has 0 aromatic heterocycles. The lowest BCUT2D eigenvalue weighted by Crippen LogP contribution is -2.46. The van der Waals surface area contributed by atoms with E-state index >= 15 is 0 Å². The van der Waals surface area contributed by atoms with E-state index in [4.69, 9.17) is 5.73 Å². The second-order valence-corrected chi connectivity index (χ2v) is 9.11. The number of nitrogens with zero attached hydrogens (tertiary/aromatic N) is 1. The number of hydrogen-bond acceptors (Lipinski definition) is 5. The zero-order valence-corrected chi connectivity index (χ0v) is 20.5. The minimum Gasteiger partial charge on any atom is -0.399 e. The summed E-state index contributed by atoms with van der Waals surface area (Å²) in [5.74, 6) is -0.932. The summed E-state index contributed by atoms with van der Waals surface area (Å²) in [5, 5.41) is 5.93. The van der Waals surface area contributed by atoms with Crippen molar-refractivity contribution in [2.75, 3.05) is 12.3 Å². The lowest BCUT2D eigenvalue weighted by Gasteiger charge is -2.25. The fourth-order valence-electron chi connectivity index (χ4n) is 4.33. The molecule has 0 radical (unpaired) electrons. The average molecular weight is 479 g/mol. The molecule has 0 aliphatic carbocycles. The van der Waals surface area contributed by atoms with Gasteiger partial charge in [0.15, 0.2) is 5.78 Å². The van der Waals surface area contributed by atoms with Crippen LogP contribution in [0.1, 0.15) is 78.8 Å². The molecule has 0 spiro atoms. The van der Waals surface area contributed by atoms with Crippen LogP contribution in [0.15, 0.2) is 48.5 Å². The molecular weight excluding hydrogens is 444 g/mol. The number of Topliss-reactive ketones (excluding diaryl/α,β-unsaturated/α-hetero) is 1. The van der Waals surface area contributed by atoms with Gasteiger partial charge in [0, 0.05) is 35.8 Å². The van der Waals surface area contributed by atoms with Gasteiger partial charge in [-0.15, -0.1) is 0 Å². The molecule has 8 nitrogen and oxygen atoms in total. The van der Waals surface area contributed by atoms with Crippen molar-refractivity contribution < 1.29 is 19.2 Å². The Hall–Kier alpha value is -3.68. The van der Waals surface area contributed by atoms with E-state index in [-0.39, 0.29) is 35.7 Å². The highest BCUT2D eigenvalue weighted by molar-refractivity contribution is 6.01. The van der Waals surface area contributed by atoms with E-state index in [9.17, 15) is 19.2 Å². The van der Waals surface area contributed by atoms with E-state index in [1.807, 2.05) is 44.2 Å². The zero-order valence-electron chi connectivity index (χ0n) is 20.5. The van der Waals surface area contributed by atoms with Gasteiger partial charge in [-0.25, -0.2) is 0 Å². The van der Waals surface area contributed by atoms with Gasteiger partial charge < -0.3 is 21.3 Å². The highest BCUT2D eigenvalue weighted by atomic mass is 16.2. The Morgan fingerprint density at radius 3 is 2.43 bits per heavy atom. The molecule has 186 valence electrons. The molecule has 1 aliphatic heterocycles. The largest absolute Gasteiger partial charge is 0.399 e. The fraction of sp³-hybridized carbons (Fsp3) is 0.407. The lowest BCUT2D eigenvalue weighted by molar-refractivity contribution is -0.138. The smallest absolute Gasteiger partial charge is 0.251 e. The van der Waals surface area contributed by atoms with Crippen LogP contribution in [0.5, 0.6) is 0 Å². The van der Waals surface area contributed by atoms with Crippen LogP contribution in [0.25, 0.3) is 0 Å². The summed E-state index contributed by atoms with van der Waals surface area (Å²) in [4.78, 5) is 52.4. The van der Waals surface area contributed by atoms with Crippen LogP contribution >= 0.6 is 0 Å². The van der Waals surface area contributed by atoms with Crippen LogP contribution in [0, 0.1) is 0 Å². The first-order chi connectivity index (χ1) is 16.7. The summed E-state index contributed by atoms with van der Waals surface area (Å²) in [7, 11) is 0. The molecule has 4 N–H and O–H groups in total. The third kappa shape index (κ3) is 6.68. The van der Waals surface area contributed by atoms with E-state index < -0.39 is 18.0 Å². The van der Waals surface area contributed by atoms with Gasteiger partial charge >= 0.3 is 0 Å². The molecule has 2 aromatic carbocycles. The van der Waals surface area contributed by atoms with Gasteiger partial charge in [-0.1, -0.05) is 43.7 Å². The molecule has 3 rings (SSSR count). The number of benzene rings is 2. The zero-order chi connectivity index (χ0) is 25.5. The quantitative estimate of drug-likeness (QED) is 0.377. The number of nitrogens with one attached hydrogen (secondary N) is 2. The number of hydrogen-bond donors (Lipinski definition) is 3. The maximum Gasteiger partial charge on any atom is 0.251 e. The number of carbonyl (C=O) groups is 4. The topological polar surface area (TPSA) is 122 Å². The lowest BCUT2D eigenvalue weighted by atomic mass is 10.0. The van der Waals surface area contributed by atoms with Gasteiger partial charge in [0.1, 0.15) is 6.04 Å². The third-order valence-corrected chi connectivity index (χ3v) is 6.29. The van der Waals surface area contributed by atoms with E-state index in [0.29, 0.717) is 24.1 Å². The van der Waals surface area contributed by atoms with Crippen LogP contribution in [-0.2, 0) is 9.59 Å². The number of ketones is 1.